The molecule has 2 aromatic rings. The number of nitrogens with one attached hydrogen (secondary N) is 2. The number of nitrogens with zero attached hydrogens (tertiary/aromatic N) is 1. The first-order chi connectivity index (χ1) is 9.84. The van der Waals surface area contributed by atoms with Gasteiger partial charge in [-0.1, -0.05) is 36.4 Å². The lowest BCUT2D eigenvalue weighted by Gasteiger charge is -2.03. The Hall–Kier alpha value is -2.62. The van der Waals surface area contributed by atoms with Crippen LogP contribution in [0.1, 0.15) is 5.56 Å². The maximum absolute atomic E-state index is 11.8. The lowest BCUT2D eigenvalue weighted by Crippen LogP contribution is -2.16. The van der Waals surface area contributed by atoms with E-state index in [4.69, 9.17) is 0 Å². The Kier molecular flexibility index (Phi) is 3.46. The third kappa shape index (κ3) is 2.54. The van der Waals surface area contributed by atoms with E-state index in [9.17, 15) is 4.79 Å². The summed E-state index contributed by atoms with van der Waals surface area (Å²) in [5.74, 6) is -0.120. The summed E-state index contributed by atoms with van der Waals surface area (Å²) in [6.45, 7) is 1.26. The number of benzene rings is 2. The van der Waals surface area contributed by atoms with Crippen LogP contribution >= 0.6 is 0 Å². The smallest absolute Gasteiger partial charge is 0.274 e. The van der Waals surface area contributed by atoms with Gasteiger partial charge in [0.2, 0.25) is 0 Å². The predicted molar refractivity (Wildman–Crippen MR) is 81.4 cm³/mol. The number of hydrogen-bond donors (Lipinski definition) is 2. The highest BCUT2D eigenvalue weighted by Gasteiger charge is 2.24. The molecule has 1 aliphatic rings. The number of hydrogen-bond acceptors (Lipinski definition) is 3. The van der Waals surface area contributed by atoms with E-state index < -0.39 is 0 Å². The first-order valence-corrected chi connectivity index (χ1v) is 6.59. The Bertz CT molecular complexity index is 650. The van der Waals surface area contributed by atoms with E-state index in [0.29, 0.717) is 18.8 Å². The van der Waals surface area contributed by atoms with Crippen molar-refractivity contribution >= 4 is 23.0 Å². The molecule has 4 heteroatoms. The Balaban J connectivity index is 1.64. The van der Waals surface area contributed by atoms with Crippen LogP contribution in [0.2, 0.25) is 0 Å². The van der Waals surface area contributed by atoms with Gasteiger partial charge in [0.05, 0.1) is 12.2 Å². The SMILES string of the molecule is O=C1Nc2ccccc2C1=NCCNc1ccccc1. The van der Waals surface area contributed by atoms with Gasteiger partial charge in [-0.25, -0.2) is 0 Å². The summed E-state index contributed by atoms with van der Waals surface area (Å²) in [5, 5.41) is 6.08. The summed E-state index contributed by atoms with van der Waals surface area (Å²) < 4.78 is 0. The van der Waals surface area contributed by atoms with Crippen molar-refractivity contribution in [1.82, 2.24) is 0 Å². The Labute approximate surface area is 117 Å². The average molecular weight is 265 g/mol. The quantitative estimate of drug-likeness (QED) is 0.835. The van der Waals surface area contributed by atoms with Gasteiger partial charge < -0.3 is 10.6 Å². The van der Waals surface area contributed by atoms with Crippen LogP contribution in [0.4, 0.5) is 11.4 Å². The number of anilines is 2. The number of amides is 1. The topological polar surface area (TPSA) is 53.5 Å². The minimum atomic E-state index is -0.120. The molecule has 100 valence electrons. The van der Waals surface area contributed by atoms with E-state index in [-0.39, 0.29) is 5.91 Å². The van der Waals surface area contributed by atoms with E-state index >= 15 is 0 Å². The van der Waals surface area contributed by atoms with Crippen molar-refractivity contribution in [1.29, 1.82) is 0 Å². The maximum atomic E-state index is 11.8. The van der Waals surface area contributed by atoms with Gasteiger partial charge in [-0.2, -0.15) is 0 Å². The number of para-hydroxylation sites is 2. The van der Waals surface area contributed by atoms with Gasteiger partial charge in [0.25, 0.3) is 5.91 Å². The molecule has 3 rings (SSSR count). The number of carbonyl (C=O) groups excluding carboxylic acids is 1. The zero-order chi connectivity index (χ0) is 13.8. The van der Waals surface area contributed by atoms with Crippen molar-refractivity contribution in [3.8, 4) is 0 Å². The van der Waals surface area contributed by atoms with Crippen molar-refractivity contribution in [3.63, 3.8) is 0 Å². The van der Waals surface area contributed by atoms with Crippen LogP contribution in [0.3, 0.4) is 0 Å². The highest BCUT2D eigenvalue weighted by Crippen LogP contribution is 2.22. The summed E-state index contributed by atoms with van der Waals surface area (Å²) in [4.78, 5) is 16.2. The van der Waals surface area contributed by atoms with Gasteiger partial charge >= 0.3 is 0 Å². The molecule has 4 nitrogen and oxygen atoms in total. The number of rotatable bonds is 4. The van der Waals surface area contributed by atoms with Crippen LogP contribution in [0.15, 0.2) is 59.6 Å². The molecule has 2 aromatic carbocycles. The van der Waals surface area contributed by atoms with Gasteiger partial charge in [-0.05, 0) is 18.2 Å². The molecule has 0 aromatic heterocycles. The van der Waals surface area contributed by atoms with Crippen molar-refractivity contribution in [2.24, 2.45) is 4.99 Å². The van der Waals surface area contributed by atoms with E-state index in [1.54, 1.807) is 0 Å². The van der Waals surface area contributed by atoms with Crippen LogP contribution < -0.4 is 10.6 Å². The molecule has 0 spiro atoms. The molecule has 0 saturated heterocycles. The van der Waals surface area contributed by atoms with Crippen LogP contribution in [0, 0.1) is 0 Å². The Morgan fingerprint density at radius 3 is 2.60 bits per heavy atom. The average Bonchev–Trinajstić information content (AvgIpc) is 2.80. The molecule has 1 heterocycles. The zero-order valence-corrected chi connectivity index (χ0v) is 11.0. The minimum absolute atomic E-state index is 0.120. The zero-order valence-electron chi connectivity index (χ0n) is 11.0. The van der Waals surface area contributed by atoms with Crippen molar-refractivity contribution in [2.75, 3.05) is 23.7 Å². The fourth-order valence-corrected chi connectivity index (χ4v) is 2.18. The fourth-order valence-electron chi connectivity index (χ4n) is 2.18. The summed E-state index contributed by atoms with van der Waals surface area (Å²) in [6.07, 6.45) is 0. The number of carbonyl (C=O) groups is 1. The molecule has 0 fully saturated rings. The fraction of sp³-hybridized carbons (Fsp3) is 0.125. The van der Waals surface area contributed by atoms with Crippen LogP contribution in [-0.2, 0) is 4.79 Å². The van der Waals surface area contributed by atoms with Gasteiger partial charge in [0.15, 0.2) is 0 Å². The molecule has 1 aliphatic heterocycles. The number of aliphatic imine (C=N–C) groups is 1. The molecule has 0 bridgehead atoms. The Morgan fingerprint density at radius 1 is 1.00 bits per heavy atom. The molecular weight excluding hydrogens is 250 g/mol. The van der Waals surface area contributed by atoms with Gasteiger partial charge in [0, 0.05) is 17.8 Å². The molecule has 2 N–H and O–H groups in total. The first kappa shape index (κ1) is 12.4. The molecule has 0 radical (unpaired) electrons. The van der Waals surface area contributed by atoms with Gasteiger partial charge in [-0.15, -0.1) is 0 Å². The van der Waals surface area contributed by atoms with E-state index in [1.165, 1.54) is 0 Å². The van der Waals surface area contributed by atoms with E-state index in [0.717, 1.165) is 16.9 Å². The lowest BCUT2D eigenvalue weighted by atomic mass is 10.1. The van der Waals surface area contributed by atoms with Crippen LogP contribution in [-0.4, -0.2) is 24.7 Å². The molecule has 20 heavy (non-hydrogen) atoms. The predicted octanol–water partition coefficient (Wildman–Crippen LogP) is 2.54. The summed E-state index contributed by atoms with van der Waals surface area (Å²) in [5.41, 5.74) is 3.31. The first-order valence-electron chi connectivity index (χ1n) is 6.59. The Morgan fingerprint density at radius 2 is 1.75 bits per heavy atom. The summed E-state index contributed by atoms with van der Waals surface area (Å²) in [7, 11) is 0. The summed E-state index contributed by atoms with van der Waals surface area (Å²) in [6, 6.07) is 17.6. The highest BCUT2D eigenvalue weighted by atomic mass is 16.2. The molecule has 0 atom stereocenters. The largest absolute Gasteiger partial charge is 0.383 e. The van der Waals surface area contributed by atoms with Gasteiger partial charge in [-0.3, -0.25) is 9.79 Å². The molecule has 1 amide bonds. The van der Waals surface area contributed by atoms with Crippen LogP contribution in [0.25, 0.3) is 0 Å². The van der Waals surface area contributed by atoms with Crippen molar-refractivity contribution in [3.05, 3.63) is 60.2 Å². The lowest BCUT2D eigenvalue weighted by molar-refractivity contribution is -0.110. The highest BCUT2D eigenvalue weighted by molar-refractivity contribution is 6.53. The molecule has 0 unspecified atom stereocenters. The van der Waals surface area contributed by atoms with Gasteiger partial charge in [0.1, 0.15) is 5.71 Å². The summed E-state index contributed by atoms with van der Waals surface area (Å²) >= 11 is 0. The third-order valence-electron chi connectivity index (χ3n) is 3.13. The van der Waals surface area contributed by atoms with E-state index in [2.05, 4.69) is 15.6 Å². The normalized spacial score (nSPS) is 15.0. The minimum Gasteiger partial charge on any atom is -0.383 e. The molecule has 0 aliphatic carbocycles. The standard InChI is InChI=1S/C16H15N3O/c20-16-15(13-8-4-5-9-14(13)19-16)18-11-10-17-12-6-2-1-3-7-12/h1-9,17H,10-11H2,(H,18,19,20). The van der Waals surface area contributed by atoms with Crippen LogP contribution in [0.5, 0.6) is 0 Å². The van der Waals surface area contributed by atoms with E-state index in [1.807, 2.05) is 54.6 Å². The molecular formula is C16H15N3O. The monoisotopic (exact) mass is 265 g/mol. The molecule has 0 saturated carbocycles. The second kappa shape index (κ2) is 5.57. The maximum Gasteiger partial charge on any atom is 0.274 e. The second-order valence-corrected chi connectivity index (χ2v) is 4.52. The number of fused-ring (bicyclic) bond motifs is 1. The third-order valence-corrected chi connectivity index (χ3v) is 3.13. The second-order valence-electron chi connectivity index (χ2n) is 4.52. The van der Waals surface area contributed by atoms with Crippen molar-refractivity contribution in [2.45, 2.75) is 0 Å². The van der Waals surface area contributed by atoms with Crippen molar-refractivity contribution < 1.29 is 4.79 Å².